The van der Waals surface area contributed by atoms with E-state index in [1.54, 1.807) is 11.0 Å². The van der Waals surface area contributed by atoms with Gasteiger partial charge in [0, 0.05) is 4.47 Å². The van der Waals surface area contributed by atoms with Crippen molar-refractivity contribution in [2.24, 2.45) is 0 Å². The summed E-state index contributed by atoms with van der Waals surface area (Å²) in [5.41, 5.74) is 1.01. The average Bonchev–Trinajstić information content (AvgIpc) is 2.99. The Kier molecular flexibility index (Phi) is 2.48. The van der Waals surface area contributed by atoms with Crippen molar-refractivity contribution < 1.29 is 9.90 Å². The first-order valence-electron chi connectivity index (χ1n) is 5.52. The Morgan fingerprint density at radius 1 is 1.44 bits per heavy atom. The maximum atomic E-state index is 11.3. The molecule has 1 aliphatic carbocycles. The zero-order valence-corrected chi connectivity index (χ0v) is 11.0. The van der Waals surface area contributed by atoms with Crippen molar-refractivity contribution in [1.29, 1.82) is 0 Å². The van der Waals surface area contributed by atoms with Gasteiger partial charge in [-0.1, -0.05) is 6.07 Å². The molecule has 1 aromatic heterocycles. The summed E-state index contributed by atoms with van der Waals surface area (Å²) in [7, 11) is 0. The minimum atomic E-state index is -0.747. The fourth-order valence-electron chi connectivity index (χ4n) is 2.07. The number of halogens is 1. The average molecular weight is 308 g/mol. The van der Waals surface area contributed by atoms with E-state index in [0.29, 0.717) is 12.8 Å². The van der Waals surface area contributed by atoms with E-state index in [2.05, 4.69) is 26.0 Å². The summed E-state index contributed by atoms with van der Waals surface area (Å²) in [5, 5.41) is 13.3. The van der Waals surface area contributed by atoms with Crippen molar-refractivity contribution in [3.05, 3.63) is 40.9 Å². The third-order valence-electron chi connectivity index (χ3n) is 3.33. The minimum absolute atomic E-state index is 0.677. The van der Waals surface area contributed by atoms with E-state index in [0.717, 1.165) is 15.7 Å². The third-order valence-corrected chi connectivity index (χ3v) is 3.96. The van der Waals surface area contributed by atoms with E-state index in [4.69, 9.17) is 0 Å². The van der Waals surface area contributed by atoms with Crippen LogP contribution in [0.4, 0.5) is 0 Å². The second kappa shape index (κ2) is 3.91. The number of carbonyl (C=O) groups is 1. The lowest BCUT2D eigenvalue weighted by Crippen LogP contribution is -2.19. The molecule has 0 aliphatic heterocycles. The van der Waals surface area contributed by atoms with E-state index < -0.39 is 11.4 Å². The summed E-state index contributed by atoms with van der Waals surface area (Å²) in [5.74, 6) is -0.747. The predicted octanol–water partition coefficient (Wildman–Crippen LogP) is 2.15. The van der Waals surface area contributed by atoms with Crippen molar-refractivity contribution in [3.63, 3.8) is 0 Å². The minimum Gasteiger partial charge on any atom is -0.481 e. The molecule has 6 heteroatoms. The molecule has 0 atom stereocenters. The highest BCUT2D eigenvalue weighted by molar-refractivity contribution is 9.10. The Labute approximate surface area is 112 Å². The number of carboxylic acids is 1. The van der Waals surface area contributed by atoms with Gasteiger partial charge in [0.15, 0.2) is 0 Å². The summed E-state index contributed by atoms with van der Waals surface area (Å²) in [6.07, 6.45) is 4.47. The fraction of sp³-hybridized carbons (Fsp3) is 0.250. The van der Waals surface area contributed by atoms with Crippen molar-refractivity contribution in [1.82, 2.24) is 14.8 Å². The standard InChI is InChI=1S/C12H10BrN3O2/c13-9-5-8(12(3-4-12)11(17)18)1-2-10(9)16-7-14-6-15-16/h1-2,5-7H,3-4H2,(H,17,18). The first-order valence-corrected chi connectivity index (χ1v) is 6.31. The molecule has 1 heterocycles. The first kappa shape index (κ1) is 11.4. The molecule has 1 aromatic carbocycles. The summed E-state index contributed by atoms with van der Waals surface area (Å²) in [6, 6.07) is 5.57. The summed E-state index contributed by atoms with van der Waals surface area (Å²) in [4.78, 5) is 15.2. The van der Waals surface area contributed by atoms with E-state index in [1.165, 1.54) is 6.33 Å². The van der Waals surface area contributed by atoms with Crippen LogP contribution in [-0.4, -0.2) is 25.8 Å². The highest BCUT2D eigenvalue weighted by Gasteiger charge is 2.51. The molecule has 0 saturated heterocycles. The van der Waals surface area contributed by atoms with Crippen molar-refractivity contribution in [3.8, 4) is 5.69 Å². The Bertz CT molecular complexity index is 606. The molecular formula is C12H10BrN3O2. The summed E-state index contributed by atoms with van der Waals surface area (Å²) >= 11 is 3.46. The number of benzene rings is 1. The van der Waals surface area contributed by atoms with Crippen LogP contribution in [0.3, 0.4) is 0 Å². The molecule has 0 spiro atoms. The number of aromatic nitrogens is 3. The molecule has 1 aliphatic rings. The Balaban J connectivity index is 2.03. The van der Waals surface area contributed by atoms with Gasteiger partial charge in [0.25, 0.3) is 0 Å². The Hall–Kier alpha value is -1.69. The van der Waals surface area contributed by atoms with Gasteiger partial charge < -0.3 is 5.11 Å². The van der Waals surface area contributed by atoms with Gasteiger partial charge in [-0.25, -0.2) is 9.67 Å². The normalized spacial score (nSPS) is 16.5. The quantitative estimate of drug-likeness (QED) is 0.943. The lowest BCUT2D eigenvalue weighted by molar-refractivity contribution is -0.140. The smallest absolute Gasteiger partial charge is 0.314 e. The van der Waals surface area contributed by atoms with Gasteiger partial charge >= 0.3 is 5.97 Å². The Morgan fingerprint density at radius 2 is 2.22 bits per heavy atom. The van der Waals surface area contributed by atoms with Gasteiger partial charge in [0.1, 0.15) is 12.7 Å². The maximum absolute atomic E-state index is 11.3. The van der Waals surface area contributed by atoms with Crippen molar-refractivity contribution >= 4 is 21.9 Å². The van der Waals surface area contributed by atoms with Crippen LogP contribution in [0.25, 0.3) is 5.69 Å². The summed E-state index contributed by atoms with van der Waals surface area (Å²) in [6.45, 7) is 0. The molecule has 1 N–H and O–H groups in total. The maximum Gasteiger partial charge on any atom is 0.314 e. The topological polar surface area (TPSA) is 68.0 Å². The third kappa shape index (κ3) is 1.64. The van der Waals surface area contributed by atoms with Gasteiger partial charge in [-0.2, -0.15) is 5.10 Å². The number of rotatable bonds is 3. The molecule has 3 rings (SSSR count). The zero-order chi connectivity index (χ0) is 12.8. The largest absolute Gasteiger partial charge is 0.481 e. The van der Waals surface area contributed by atoms with Gasteiger partial charge in [-0.15, -0.1) is 0 Å². The molecule has 1 saturated carbocycles. The molecule has 2 aromatic rings. The fourth-order valence-corrected chi connectivity index (χ4v) is 2.63. The number of nitrogens with zero attached hydrogens (tertiary/aromatic N) is 3. The first-order chi connectivity index (χ1) is 8.63. The lowest BCUT2D eigenvalue weighted by atomic mass is 9.96. The lowest BCUT2D eigenvalue weighted by Gasteiger charge is -2.12. The molecule has 0 radical (unpaired) electrons. The summed E-state index contributed by atoms with van der Waals surface area (Å²) < 4.78 is 2.45. The van der Waals surface area contributed by atoms with Gasteiger partial charge in [0.05, 0.1) is 11.1 Å². The van der Waals surface area contributed by atoms with E-state index in [9.17, 15) is 9.90 Å². The van der Waals surface area contributed by atoms with E-state index in [1.807, 2.05) is 18.2 Å². The monoisotopic (exact) mass is 307 g/mol. The van der Waals surface area contributed by atoms with Crippen LogP contribution in [0.15, 0.2) is 35.3 Å². The van der Waals surface area contributed by atoms with E-state index in [-0.39, 0.29) is 0 Å². The highest BCUT2D eigenvalue weighted by atomic mass is 79.9. The molecule has 5 nitrogen and oxygen atoms in total. The van der Waals surface area contributed by atoms with Crippen LogP contribution < -0.4 is 0 Å². The highest BCUT2D eigenvalue weighted by Crippen LogP contribution is 2.49. The van der Waals surface area contributed by atoms with Crippen molar-refractivity contribution in [2.75, 3.05) is 0 Å². The second-order valence-electron chi connectivity index (χ2n) is 4.39. The van der Waals surface area contributed by atoms with Crippen molar-refractivity contribution in [2.45, 2.75) is 18.3 Å². The van der Waals surface area contributed by atoms with Crippen LogP contribution in [-0.2, 0) is 10.2 Å². The van der Waals surface area contributed by atoms with Crippen LogP contribution in [0, 0.1) is 0 Å². The number of hydrogen-bond donors (Lipinski definition) is 1. The van der Waals surface area contributed by atoms with Gasteiger partial charge in [0.2, 0.25) is 0 Å². The number of hydrogen-bond acceptors (Lipinski definition) is 3. The molecule has 0 unspecified atom stereocenters. The zero-order valence-electron chi connectivity index (χ0n) is 9.38. The predicted molar refractivity (Wildman–Crippen MR) is 67.6 cm³/mol. The number of aliphatic carboxylic acids is 1. The molecule has 1 fully saturated rings. The van der Waals surface area contributed by atoms with Crippen LogP contribution in [0.5, 0.6) is 0 Å². The number of carboxylic acid groups (broad SMARTS) is 1. The SMILES string of the molecule is O=C(O)C1(c2ccc(-n3cncn3)c(Br)c2)CC1. The van der Waals surface area contributed by atoms with Gasteiger partial charge in [-0.3, -0.25) is 4.79 Å². The van der Waals surface area contributed by atoms with Crippen LogP contribution in [0.1, 0.15) is 18.4 Å². The van der Waals surface area contributed by atoms with Gasteiger partial charge in [-0.05, 0) is 46.5 Å². The van der Waals surface area contributed by atoms with E-state index >= 15 is 0 Å². The van der Waals surface area contributed by atoms with Crippen LogP contribution in [0.2, 0.25) is 0 Å². The molecule has 0 bridgehead atoms. The molecular weight excluding hydrogens is 298 g/mol. The molecule has 0 amide bonds. The Morgan fingerprint density at radius 3 is 2.72 bits per heavy atom. The second-order valence-corrected chi connectivity index (χ2v) is 5.25. The molecule has 92 valence electrons. The van der Waals surface area contributed by atoms with Crippen LogP contribution >= 0.6 is 15.9 Å². The molecule has 18 heavy (non-hydrogen) atoms.